The van der Waals surface area contributed by atoms with Crippen molar-refractivity contribution in [2.45, 2.75) is 30.8 Å². The summed E-state index contributed by atoms with van der Waals surface area (Å²) in [6.45, 7) is 1.53. The second-order valence-corrected chi connectivity index (χ2v) is 12.8. The van der Waals surface area contributed by atoms with Crippen LogP contribution in [0.2, 0.25) is 15.1 Å². The highest BCUT2D eigenvalue weighted by atomic mass is 35.5. The fraction of sp³-hybridized carbons (Fsp3) is 0.188. The van der Waals surface area contributed by atoms with Crippen LogP contribution in [0.1, 0.15) is 18.1 Å². The fourth-order valence-corrected chi connectivity index (χ4v) is 6.42. The zero-order chi connectivity index (χ0) is 31.0. The molecule has 1 atom stereocenters. The molecule has 0 aliphatic rings. The van der Waals surface area contributed by atoms with Crippen molar-refractivity contribution in [1.82, 2.24) is 10.2 Å². The van der Waals surface area contributed by atoms with Gasteiger partial charge in [-0.3, -0.25) is 13.9 Å². The third kappa shape index (κ3) is 8.30. The molecule has 4 rings (SSSR count). The van der Waals surface area contributed by atoms with E-state index < -0.39 is 28.5 Å². The van der Waals surface area contributed by atoms with Gasteiger partial charge in [-0.05, 0) is 66.6 Å². The van der Waals surface area contributed by atoms with Crippen LogP contribution in [0.25, 0.3) is 0 Å². The number of carbonyl (C=O) groups excluding carboxylic acids is 2. The summed E-state index contributed by atoms with van der Waals surface area (Å²) >= 11 is 18.5. The van der Waals surface area contributed by atoms with Crippen molar-refractivity contribution in [3.63, 3.8) is 0 Å². The van der Waals surface area contributed by atoms with Crippen LogP contribution in [0, 0.1) is 0 Å². The van der Waals surface area contributed by atoms with E-state index in [9.17, 15) is 18.0 Å². The number of nitrogens with one attached hydrogen (secondary N) is 1. The Kier molecular flexibility index (Phi) is 11.1. The molecule has 0 heterocycles. The lowest BCUT2D eigenvalue weighted by atomic mass is 10.0. The number of nitrogens with zero attached hydrogens (tertiary/aromatic N) is 2. The molecular weight excluding hydrogens is 629 g/mol. The van der Waals surface area contributed by atoms with E-state index in [1.807, 2.05) is 30.3 Å². The average Bonchev–Trinajstić information content (AvgIpc) is 3.01. The lowest BCUT2D eigenvalue weighted by molar-refractivity contribution is -0.140. The molecule has 4 aromatic carbocycles. The molecule has 43 heavy (non-hydrogen) atoms. The Morgan fingerprint density at radius 1 is 0.791 bits per heavy atom. The van der Waals surface area contributed by atoms with E-state index in [-0.39, 0.29) is 29.5 Å². The van der Waals surface area contributed by atoms with E-state index in [1.165, 1.54) is 29.2 Å². The molecule has 0 fully saturated rings. The zero-order valence-electron chi connectivity index (χ0n) is 23.3. The fourth-order valence-electron chi connectivity index (χ4n) is 4.54. The minimum atomic E-state index is -4.19. The molecule has 0 saturated carbocycles. The van der Waals surface area contributed by atoms with Crippen molar-refractivity contribution in [2.75, 3.05) is 17.4 Å². The van der Waals surface area contributed by atoms with Gasteiger partial charge in [-0.15, -0.1) is 0 Å². The second-order valence-electron chi connectivity index (χ2n) is 9.67. The third-order valence-electron chi connectivity index (χ3n) is 6.68. The van der Waals surface area contributed by atoms with Gasteiger partial charge in [0.1, 0.15) is 12.6 Å². The van der Waals surface area contributed by atoms with Gasteiger partial charge in [0.2, 0.25) is 11.8 Å². The quantitative estimate of drug-likeness (QED) is 0.185. The summed E-state index contributed by atoms with van der Waals surface area (Å²) in [7, 11) is -4.19. The van der Waals surface area contributed by atoms with Crippen molar-refractivity contribution in [3.05, 3.63) is 129 Å². The van der Waals surface area contributed by atoms with E-state index in [0.29, 0.717) is 27.2 Å². The molecule has 224 valence electrons. The minimum absolute atomic E-state index is 0.0124. The highest BCUT2D eigenvalue weighted by Gasteiger charge is 2.34. The number of hydrogen-bond acceptors (Lipinski definition) is 4. The molecule has 7 nitrogen and oxygen atoms in total. The van der Waals surface area contributed by atoms with Crippen molar-refractivity contribution in [3.8, 4) is 0 Å². The lowest BCUT2D eigenvalue weighted by Gasteiger charge is -2.34. The number of halogens is 3. The molecule has 0 spiro atoms. The minimum Gasteiger partial charge on any atom is -0.355 e. The maximum atomic E-state index is 14.3. The summed E-state index contributed by atoms with van der Waals surface area (Å²) in [5, 5.41) is 3.87. The van der Waals surface area contributed by atoms with Crippen LogP contribution in [-0.2, 0) is 32.6 Å². The molecule has 0 aromatic heterocycles. The molecule has 2 amide bonds. The largest absolute Gasteiger partial charge is 0.355 e. The van der Waals surface area contributed by atoms with Gasteiger partial charge in [0.05, 0.1) is 20.6 Å². The summed E-state index contributed by atoms with van der Waals surface area (Å²) in [6.07, 6.45) is 0.201. The van der Waals surface area contributed by atoms with Gasteiger partial charge >= 0.3 is 0 Å². The van der Waals surface area contributed by atoms with Crippen LogP contribution < -0.4 is 9.62 Å². The van der Waals surface area contributed by atoms with Crippen molar-refractivity contribution in [1.29, 1.82) is 0 Å². The summed E-state index contributed by atoms with van der Waals surface area (Å²) in [6, 6.07) is 27.3. The first kappa shape index (κ1) is 32.4. The molecule has 4 aromatic rings. The summed E-state index contributed by atoms with van der Waals surface area (Å²) in [5.74, 6) is -0.962. The number of sulfonamides is 1. The Hall–Kier alpha value is -3.56. The van der Waals surface area contributed by atoms with Gasteiger partial charge < -0.3 is 10.2 Å². The molecule has 0 radical (unpaired) electrons. The normalized spacial score (nSPS) is 11.9. The monoisotopic (exact) mass is 657 g/mol. The maximum Gasteiger partial charge on any atom is 0.264 e. The van der Waals surface area contributed by atoms with E-state index in [2.05, 4.69) is 5.32 Å². The maximum absolute atomic E-state index is 14.3. The predicted molar refractivity (Wildman–Crippen MR) is 172 cm³/mol. The van der Waals surface area contributed by atoms with Gasteiger partial charge in [-0.1, -0.05) is 89.4 Å². The van der Waals surface area contributed by atoms with Crippen LogP contribution in [0.15, 0.2) is 108 Å². The zero-order valence-corrected chi connectivity index (χ0v) is 26.4. The van der Waals surface area contributed by atoms with Crippen LogP contribution >= 0.6 is 34.8 Å². The Morgan fingerprint density at radius 2 is 1.42 bits per heavy atom. The van der Waals surface area contributed by atoms with E-state index in [0.717, 1.165) is 9.87 Å². The van der Waals surface area contributed by atoms with Gasteiger partial charge in [0.25, 0.3) is 10.0 Å². The van der Waals surface area contributed by atoms with E-state index in [1.54, 1.807) is 55.5 Å². The highest BCUT2D eigenvalue weighted by molar-refractivity contribution is 7.92. The van der Waals surface area contributed by atoms with Crippen molar-refractivity contribution < 1.29 is 18.0 Å². The third-order valence-corrected chi connectivity index (χ3v) is 9.46. The molecule has 11 heteroatoms. The van der Waals surface area contributed by atoms with Crippen molar-refractivity contribution in [2.24, 2.45) is 0 Å². The van der Waals surface area contributed by atoms with Crippen LogP contribution in [0.3, 0.4) is 0 Å². The van der Waals surface area contributed by atoms with Gasteiger partial charge in [-0.2, -0.15) is 0 Å². The Balaban J connectivity index is 1.80. The topological polar surface area (TPSA) is 86.8 Å². The van der Waals surface area contributed by atoms with Gasteiger partial charge in [0.15, 0.2) is 0 Å². The number of anilines is 1. The van der Waals surface area contributed by atoms with Gasteiger partial charge in [-0.25, -0.2) is 8.42 Å². The number of benzene rings is 4. The number of carbonyl (C=O) groups is 2. The molecule has 0 unspecified atom stereocenters. The van der Waals surface area contributed by atoms with Gasteiger partial charge in [0, 0.05) is 24.5 Å². The Labute approximate surface area is 267 Å². The summed E-state index contributed by atoms with van der Waals surface area (Å²) in [5.41, 5.74) is 1.69. The number of rotatable bonds is 12. The molecule has 1 N–H and O–H groups in total. The Morgan fingerprint density at radius 3 is 2.02 bits per heavy atom. The standard InChI is InChI=1S/C32H30Cl3N3O4S/c1-2-36-32(40)30(20-23-9-5-3-6-10-23)37(21-24-13-18-28(34)29(35)19-24)31(39)22-38(26-16-14-25(33)15-17-26)43(41,42)27-11-7-4-8-12-27/h3-19,30H,2,20-22H2,1H3,(H,36,40)/t30-/m0/s1. The van der Waals surface area contributed by atoms with E-state index >= 15 is 0 Å². The van der Waals surface area contributed by atoms with Crippen LogP contribution in [-0.4, -0.2) is 44.3 Å². The average molecular weight is 659 g/mol. The Bertz CT molecular complexity index is 1650. The molecule has 0 aliphatic heterocycles. The molecular formula is C32H30Cl3N3O4S. The number of amides is 2. The SMILES string of the molecule is CCNC(=O)[C@H](Cc1ccccc1)N(Cc1ccc(Cl)c(Cl)c1)C(=O)CN(c1ccc(Cl)cc1)S(=O)(=O)c1ccccc1. The predicted octanol–water partition coefficient (Wildman–Crippen LogP) is 6.62. The second kappa shape index (κ2) is 14.8. The molecule has 0 aliphatic carbocycles. The summed E-state index contributed by atoms with van der Waals surface area (Å²) in [4.78, 5) is 29.2. The highest BCUT2D eigenvalue weighted by Crippen LogP contribution is 2.27. The lowest BCUT2D eigenvalue weighted by Crippen LogP contribution is -2.53. The van der Waals surface area contributed by atoms with Crippen LogP contribution in [0.5, 0.6) is 0 Å². The number of hydrogen-bond donors (Lipinski definition) is 1. The number of likely N-dealkylation sites (N-methyl/N-ethyl adjacent to an activating group) is 1. The first-order valence-electron chi connectivity index (χ1n) is 13.5. The summed E-state index contributed by atoms with van der Waals surface area (Å²) < 4.78 is 28.9. The first-order valence-corrected chi connectivity index (χ1v) is 16.1. The molecule has 0 bridgehead atoms. The molecule has 0 saturated heterocycles. The van der Waals surface area contributed by atoms with Crippen molar-refractivity contribution >= 4 is 62.3 Å². The van der Waals surface area contributed by atoms with Crippen LogP contribution in [0.4, 0.5) is 5.69 Å². The smallest absolute Gasteiger partial charge is 0.264 e. The first-order chi connectivity index (χ1) is 20.6. The van der Waals surface area contributed by atoms with E-state index in [4.69, 9.17) is 34.8 Å².